The largest absolute Gasteiger partial charge is 0.466 e. The van der Waals surface area contributed by atoms with Crippen molar-refractivity contribution >= 4 is 11.9 Å². The van der Waals surface area contributed by atoms with E-state index in [4.69, 9.17) is 4.74 Å². The van der Waals surface area contributed by atoms with Gasteiger partial charge in [-0.2, -0.15) is 0 Å². The van der Waals surface area contributed by atoms with E-state index in [1.807, 2.05) is 0 Å². The first-order chi connectivity index (χ1) is 47.5. The Kier molecular flexibility index (Phi) is 84.8. The van der Waals surface area contributed by atoms with Crippen LogP contribution in [0.4, 0.5) is 0 Å². The smallest absolute Gasteiger partial charge is 0.305 e. The summed E-state index contributed by atoms with van der Waals surface area (Å²) < 4.78 is 5.53. The fourth-order valence-electron chi connectivity index (χ4n) is 14.8. The Morgan fingerprint density at radius 1 is 0.281 bits per heavy atom. The lowest BCUT2D eigenvalue weighted by Crippen LogP contribution is -2.45. The molecule has 96 heavy (non-hydrogen) atoms. The van der Waals surface area contributed by atoms with Crippen LogP contribution in [-0.4, -0.2) is 47.4 Å². The summed E-state index contributed by atoms with van der Waals surface area (Å²) in [4.78, 5) is 24.7. The van der Waals surface area contributed by atoms with Gasteiger partial charge in [-0.3, -0.25) is 9.59 Å². The zero-order valence-electron chi connectivity index (χ0n) is 65.9. The van der Waals surface area contributed by atoms with Crippen LogP contribution >= 0.6 is 0 Å². The predicted octanol–water partition coefficient (Wildman–Crippen LogP) is 30.2. The number of aliphatic hydroxyl groups excluding tert-OH is 2. The van der Waals surface area contributed by atoms with Crippen LogP contribution in [0.25, 0.3) is 0 Å². The number of hydrogen-bond acceptors (Lipinski definition) is 5. The molecule has 572 valence electrons. The van der Waals surface area contributed by atoms with Gasteiger partial charge in [-0.25, -0.2) is 0 Å². The molecule has 0 aromatic rings. The summed E-state index contributed by atoms with van der Waals surface area (Å²) in [5.41, 5.74) is 0. The second-order valence-electron chi connectivity index (χ2n) is 31.3. The molecule has 0 spiro atoms. The van der Waals surface area contributed by atoms with E-state index in [2.05, 4.69) is 31.3 Å². The van der Waals surface area contributed by atoms with Crippen molar-refractivity contribution in [1.82, 2.24) is 5.32 Å². The van der Waals surface area contributed by atoms with Crippen LogP contribution in [-0.2, 0) is 14.3 Å². The van der Waals surface area contributed by atoms with Gasteiger partial charge in [-0.05, 0) is 51.4 Å². The van der Waals surface area contributed by atoms with E-state index in [0.29, 0.717) is 25.9 Å². The Labute approximate surface area is 603 Å². The molecular formula is C90H177NO5. The number of allylic oxidation sites excluding steroid dienone is 2. The highest BCUT2D eigenvalue weighted by Crippen LogP contribution is 2.22. The molecule has 6 heteroatoms. The van der Waals surface area contributed by atoms with Gasteiger partial charge < -0.3 is 20.3 Å². The monoisotopic (exact) mass is 1350 g/mol. The first-order valence-corrected chi connectivity index (χ1v) is 44.9. The molecule has 0 aliphatic rings. The summed E-state index contributed by atoms with van der Waals surface area (Å²) >= 11 is 0. The van der Waals surface area contributed by atoms with Crippen molar-refractivity contribution < 1.29 is 24.5 Å². The number of esters is 1. The van der Waals surface area contributed by atoms with E-state index in [1.54, 1.807) is 0 Å². The zero-order valence-corrected chi connectivity index (χ0v) is 65.9. The molecule has 0 rings (SSSR count). The highest BCUT2D eigenvalue weighted by atomic mass is 16.5. The second-order valence-corrected chi connectivity index (χ2v) is 31.3. The maximum absolute atomic E-state index is 12.6. The van der Waals surface area contributed by atoms with Crippen molar-refractivity contribution in [2.45, 2.75) is 540 Å². The number of unbranched alkanes of at least 4 members (excludes halogenated alkanes) is 73. The van der Waals surface area contributed by atoms with Crippen LogP contribution in [0.2, 0.25) is 0 Å². The number of hydrogen-bond donors (Lipinski definition) is 3. The Bertz CT molecular complexity index is 1470. The lowest BCUT2D eigenvalue weighted by molar-refractivity contribution is -0.143. The summed E-state index contributed by atoms with van der Waals surface area (Å²) in [6, 6.07) is -0.538. The van der Waals surface area contributed by atoms with Crippen LogP contribution in [0.15, 0.2) is 12.2 Å². The van der Waals surface area contributed by atoms with E-state index < -0.39 is 12.1 Å². The molecular weight excluding hydrogens is 1170 g/mol. The number of nitrogens with one attached hydrogen (secondary N) is 1. The fourth-order valence-corrected chi connectivity index (χ4v) is 14.8. The van der Waals surface area contributed by atoms with E-state index in [1.165, 1.54) is 456 Å². The van der Waals surface area contributed by atoms with Crippen LogP contribution < -0.4 is 5.32 Å². The molecule has 6 nitrogen and oxygen atoms in total. The molecule has 0 aliphatic heterocycles. The van der Waals surface area contributed by atoms with Gasteiger partial charge in [0.1, 0.15) is 0 Å². The van der Waals surface area contributed by atoms with Gasteiger partial charge in [-0.15, -0.1) is 0 Å². The average Bonchev–Trinajstić information content (AvgIpc) is 3.16. The summed E-state index contributed by atoms with van der Waals surface area (Å²) in [7, 11) is 0. The Balaban J connectivity index is 3.30. The first kappa shape index (κ1) is 94.6. The minimum absolute atomic E-state index is 0.0226. The maximum Gasteiger partial charge on any atom is 0.305 e. The number of carbonyl (C=O) groups is 2. The molecule has 0 aromatic carbocycles. The summed E-state index contributed by atoms with van der Waals surface area (Å²) in [6.07, 6.45) is 111. The lowest BCUT2D eigenvalue weighted by atomic mass is 10.0. The van der Waals surface area contributed by atoms with Gasteiger partial charge in [0.2, 0.25) is 5.91 Å². The third-order valence-corrected chi connectivity index (χ3v) is 21.6. The third kappa shape index (κ3) is 81.6. The van der Waals surface area contributed by atoms with E-state index in [-0.39, 0.29) is 18.5 Å². The molecule has 0 aromatic heterocycles. The quantitative estimate of drug-likeness (QED) is 0.0320. The molecule has 3 N–H and O–H groups in total. The van der Waals surface area contributed by atoms with Gasteiger partial charge in [0, 0.05) is 12.8 Å². The van der Waals surface area contributed by atoms with Crippen molar-refractivity contribution in [3.63, 3.8) is 0 Å². The molecule has 0 aliphatic carbocycles. The number of aliphatic hydroxyl groups is 2. The van der Waals surface area contributed by atoms with Crippen LogP contribution in [0.1, 0.15) is 528 Å². The normalized spacial score (nSPS) is 12.4. The Hall–Kier alpha value is -1.40. The van der Waals surface area contributed by atoms with Crippen LogP contribution in [0.5, 0.6) is 0 Å². The van der Waals surface area contributed by atoms with Crippen LogP contribution in [0.3, 0.4) is 0 Å². The van der Waals surface area contributed by atoms with Gasteiger partial charge in [-0.1, -0.05) is 475 Å². The van der Waals surface area contributed by atoms with Gasteiger partial charge in [0.05, 0.1) is 25.4 Å². The molecule has 0 saturated carbocycles. The molecule has 0 heterocycles. The van der Waals surface area contributed by atoms with Crippen molar-refractivity contribution in [3.05, 3.63) is 12.2 Å². The molecule has 2 atom stereocenters. The zero-order chi connectivity index (χ0) is 69.1. The molecule has 0 fully saturated rings. The van der Waals surface area contributed by atoms with Gasteiger partial charge in [0.25, 0.3) is 0 Å². The van der Waals surface area contributed by atoms with Crippen molar-refractivity contribution in [1.29, 1.82) is 0 Å². The maximum atomic E-state index is 12.6. The topological polar surface area (TPSA) is 95.9 Å². The van der Waals surface area contributed by atoms with E-state index >= 15 is 0 Å². The number of carbonyl (C=O) groups excluding carboxylic acids is 2. The highest BCUT2D eigenvalue weighted by molar-refractivity contribution is 5.76. The summed E-state index contributed by atoms with van der Waals surface area (Å²) in [5, 5.41) is 23.5. The molecule has 1 amide bonds. The minimum Gasteiger partial charge on any atom is -0.466 e. The number of amides is 1. The molecule has 0 saturated heterocycles. The lowest BCUT2D eigenvalue weighted by Gasteiger charge is -2.22. The summed E-state index contributed by atoms with van der Waals surface area (Å²) in [5.74, 6) is 0.00121. The second kappa shape index (κ2) is 86.0. The van der Waals surface area contributed by atoms with Gasteiger partial charge >= 0.3 is 5.97 Å². The average molecular weight is 1350 g/mol. The molecule has 0 radical (unpaired) electrons. The van der Waals surface area contributed by atoms with Crippen molar-refractivity contribution in [2.75, 3.05) is 13.2 Å². The Morgan fingerprint density at radius 2 is 0.490 bits per heavy atom. The summed E-state index contributed by atoms with van der Waals surface area (Å²) in [6.45, 7) is 5.02. The predicted molar refractivity (Wildman–Crippen MR) is 426 cm³/mol. The van der Waals surface area contributed by atoms with Crippen molar-refractivity contribution in [2.24, 2.45) is 0 Å². The van der Waals surface area contributed by atoms with E-state index in [9.17, 15) is 19.8 Å². The standard InChI is InChI=1S/C90H177NO5/c1-3-5-7-9-11-13-15-17-19-21-23-24-25-37-40-43-47-50-54-58-62-66-70-74-78-82-88(93)87(86-92)91-89(94)83-79-75-71-67-63-59-55-51-48-44-41-38-35-33-31-29-27-26-28-30-32-34-36-39-42-45-49-53-57-61-65-69-73-77-81-85-96-90(95)84-80-76-72-68-64-60-56-52-46-22-20-18-16-14-12-10-8-6-4-2/h18,20,87-88,92-93H,3-17,19,21-86H2,1-2H3,(H,91,94)/b20-18-. The Morgan fingerprint density at radius 3 is 0.740 bits per heavy atom. The van der Waals surface area contributed by atoms with Crippen molar-refractivity contribution in [3.8, 4) is 0 Å². The number of ether oxygens (including phenoxy) is 1. The highest BCUT2D eigenvalue weighted by Gasteiger charge is 2.20. The molecule has 0 bridgehead atoms. The molecule has 2 unspecified atom stereocenters. The third-order valence-electron chi connectivity index (χ3n) is 21.6. The van der Waals surface area contributed by atoms with Gasteiger partial charge in [0.15, 0.2) is 0 Å². The fraction of sp³-hybridized carbons (Fsp3) is 0.956. The minimum atomic E-state index is -0.662. The SMILES string of the molecule is CCCCCCCC/C=C\CCCCCCCCCCCC(=O)OCCCCCCCCCCCCCCCCCCCCCCCCCCCCCCCCCCCCCC(=O)NC(CO)C(O)CCCCCCCCCCCCCCCCCCCCCCCCCCC. The first-order valence-electron chi connectivity index (χ1n) is 44.9. The van der Waals surface area contributed by atoms with Crippen LogP contribution in [0, 0.1) is 0 Å². The van der Waals surface area contributed by atoms with E-state index in [0.717, 1.165) is 38.5 Å². The number of rotatable bonds is 86.